The van der Waals surface area contributed by atoms with Crippen molar-refractivity contribution in [1.29, 1.82) is 0 Å². The summed E-state index contributed by atoms with van der Waals surface area (Å²) >= 11 is 6.25. The summed E-state index contributed by atoms with van der Waals surface area (Å²) in [5, 5.41) is 3.25. The Morgan fingerprint density at radius 3 is 2.33 bits per heavy atom. The van der Waals surface area contributed by atoms with Crippen LogP contribution in [0.25, 0.3) is 0 Å². The smallest absolute Gasteiger partial charge is 0.261 e. The Morgan fingerprint density at radius 1 is 1.00 bits per heavy atom. The number of carbonyl (C=O) groups excluding carboxylic acids is 1. The van der Waals surface area contributed by atoms with Crippen LogP contribution in [-0.4, -0.2) is 14.3 Å². The Labute approximate surface area is 182 Å². The first kappa shape index (κ1) is 21.9. The van der Waals surface area contributed by atoms with E-state index in [9.17, 15) is 13.2 Å². The van der Waals surface area contributed by atoms with Crippen molar-refractivity contribution in [2.45, 2.75) is 31.2 Å². The number of hydrogen-bond donors (Lipinski definition) is 2. The van der Waals surface area contributed by atoms with Crippen molar-refractivity contribution in [2.75, 3.05) is 4.72 Å². The Balaban J connectivity index is 1.84. The van der Waals surface area contributed by atoms with Crippen LogP contribution in [0, 0.1) is 6.92 Å². The fourth-order valence-corrected chi connectivity index (χ4v) is 4.46. The van der Waals surface area contributed by atoms with Crippen molar-refractivity contribution < 1.29 is 13.2 Å². The minimum absolute atomic E-state index is 0.136. The second kappa shape index (κ2) is 9.32. The van der Waals surface area contributed by atoms with E-state index in [0.717, 1.165) is 11.1 Å². The molecule has 0 unspecified atom stereocenters. The molecule has 3 aromatic carbocycles. The van der Waals surface area contributed by atoms with E-state index in [0.29, 0.717) is 6.42 Å². The number of hydrogen-bond acceptors (Lipinski definition) is 3. The third-order valence-electron chi connectivity index (χ3n) is 4.79. The van der Waals surface area contributed by atoms with Gasteiger partial charge in [0.05, 0.1) is 21.5 Å². The zero-order valence-corrected chi connectivity index (χ0v) is 18.3. The molecule has 0 aliphatic rings. The van der Waals surface area contributed by atoms with Crippen LogP contribution in [-0.2, 0) is 10.0 Å². The van der Waals surface area contributed by atoms with Gasteiger partial charge in [-0.25, -0.2) is 8.42 Å². The van der Waals surface area contributed by atoms with Gasteiger partial charge >= 0.3 is 0 Å². The lowest BCUT2D eigenvalue weighted by molar-refractivity contribution is 0.0935. The molecule has 0 fully saturated rings. The van der Waals surface area contributed by atoms with Crippen LogP contribution in [0.3, 0.4) is 0 Å². The zero-order valence-electron chi connectivity index (χ0n) is 16.7. The molecule has 1 atom stereocenters. The lowest BCUT2D eigenvalue weighted by Gasteiger charge is -2.20. The predicted molar refractivity (Wildman–Crippen MR) is 120 cm³/mol. The molecule has 0 radical (unpaired) electrons. The Morgan fingerprint density at radius 2 is 1.67 bits per heavy atom. The molecule has 1 amide bonds. The van der Waals surface area contributed by atoms with Gasteiger partial charge in [-0.15, -0.1) is 0 Å². The average molecular weight is 443 g/mol. The van der Waals surface area contributed by atoms with Gasteiger partial charge in [0.2, 0.25) is 0 Å². The highest BCUT2D eigenvalue weighted by molar-refractivity contribution is 7.92. The van der Waals surface area contributed by atoms with Crippen LogP contribution < -0.4 is 10.0 Å². The maximum absolute atomic E-state index is 12.9. The van der Waals surface area contributed by atoms with Gasteiger partial charge in [-0.2, -0.15) is 0 Å². The maximum Gasteiger partial charge on any atom is 0.261 e. The Bertz CT molecular complexity index is 1150. The van der Waals surface area contributed by atoms with Gasteiger partial charge in [0.15, 0.2) is 0 Å². The predicted octanol–water partition coefficient (Wildman–Crippen LogP) is 5.33. The third-order valence-corrected chi connectivity index (χ3v) is 6.52. The van der Waals surface area contributed by atoms with Gasteiger partial charge < -0.3 is 5.32 Å². The molecule has 30 heavy (non-hydrogen) atoms. The fourth-order valence-electron chi connectivity index (χ4n) is 3.19. The molecular formula is C23H23ClN2O3S. The first-order valence-corrected chi connectivity index (χ1v) is 11.4. The summed E-state index contributed by atoms with van der Waals surface area (Å²) in [4.78, 5) is 13.1. The summed E-state index contributed by atoms with van der Waals surface area (Å²) in [5.74, 6) is -0.365. The van der Waals surface area contributed by atoms with E-state index in [1.807, 2.05) is 38.1 Å². The van der Waals surface area contributed by atoms with Gasteiger partial charge in [-0.1, -0.05) is 61.0 Å². The van der Waals surface area contributed by atoms with E-state index < -0.39 is 10.0 Å². The number of amides is 1. The minimum atomic E-state index is -3.77. The molecule has 0 saturated heterocycles. The summed E-state index contributed by atoms with van der Waals surface area (Å²) in [7, 11) is -3.77. The summed E-state index contributed by atoms with van der Waals surface area (Å²) in [5.41, 5.74) is 2.58. The van der Waals surface area contributed by atoms with Gasteiger partial charge in [0.1, 0.15) is 0 Å². The molecule has 7 heteroatoms. The highest BCUT2D eigenvalue weighted by Crippen LogP contribution is 2.25. The standard InChI is InChI=1S/C23H23ClN2O3S/c1-3-22(19-12-8-7-9-16(19)2)25-23(27)20-15-17(13-14-21(20)24)26-30(28,29)18-10-5-4-6-11-18/h4-15,22,26H,3H2,1-2H3,(H,25,27)/t22-/m1/s1. The van der Waals surface area contributed by atoms with E-state index in [2.05, 4.69) is 10.0 Å². The first-order chi connectivity index (χ1) is 14.3. The molecule has 5 nitrogen and oxygen atoms in total. The molecule has 2 N–H and O–H groups in total. The first-order valence-electron chi connectivity index (χ1n) is 9.55. The summed E-state index contributed by atoms with van der Waals surface area (Å²) in [6.07, 6.45) is 0.703. The summed E-state index contributed by atoms with van der Waals surface area (Å²) in [6.45, 7) is 3.99. The van der Waals surface area contributed by atoms with Crippen LogP contribution in [0.15, 0.2) is 77.7 Å². The second-order valence-corrected chi connectivity index (χ2v) is 8.99. The minimum Gasteiger partial charge on any atom is -0.345 e. The third kappa shape index (κ3) is 5.01. The molecule has 0 bridgehead atoms. The highest BCUT2D eigenvalue weighted by Gasteiger charge is 2.19. The molecule has 0 saturated carbocycles. The van der Waals surface area contributed by atoms with Gasteiger partial charge in [-0.05, 0) is 54.8 Å². The molecule has 0 heterocycles. The van der Waals surface area contributed by atoms with E-state index in [1.165, 1.54) is 30.3 Å². The number of rotatable bonds is 7. The Hall–Kier alpha value is -2.83. The van der Waals surface area contributed by atoms with Crippen molar-refractivity contribution in [3.8, 4) is 0 Å². The zero-order chi connectivity index (χ0) is 21.7. The largest absolute Gasteiger partial charge is 0.345 e. The summed E-state index contributed by atoms with van der Waals surface area (Å²) in [6, 6.07) is 20.2. The number of halogens is 1. The number of benzene rings is 3. The van der Waals surface area contributed by atoms with Gasteiger partial charge in [-0.3, -0.25) is 9.52 Å². The SMILES string of the molecule is CC[C@@H](NC(=O)c1cc(NS(=O)(=O)c2ccccc2)ccc1Cl)c1ccccc1C. The average Bonchev–Trinajstić information content (AvgIpc) is 2.74. The number of aryl methyl sites for hydroxylation is 1. The molecule has 0 spiro atoms. The normalized spacial score (nSPS) is 12.2. The van der Waals surface area contributed by atoms with Gasteiger partial charge in [0.25, 0.3) is 15.9 Å². The summed E-state index contributed by atoms with van der Waals surface area (Å²) < 4.78 is 27.6. The van der Waals surface area contributed by atoms with Crippen molar-refractivity contribution in [2.24, 2.45) is 0 Å². The van der Waals surface area contributed by atoms with Crippen LogP contribution in [0.5, 0.6) is 0 Å². The molecule has 3 rings (SSSR count). The van der Waals surface area contributed by atoms with Gasteiger partial charge in [0, 0.05) is 5.69 Å². The van der Waals surface area contributed by atoms with Crippen molar-refractivity contribution >= 4 is 33.2 Å². The molecule has 156 valence electrons. The monoisotopic (exact) mass is 442 g/mol. The highest BCUT2D eigenvalue weighted by atomic mass is 35.5. The van der Waals surface area contributed by atoms with E-state index >= 15 is 0 Å². The van der Waals surface area contributed by atoms with Crippen molar-refractivity contribution in [1.82, 2.24) is 5.32 Å². The van der Waals surface area contributed by atoms with E-state index in [4.69, 9.17) is 11.6 Å². The molecule has 0 aromatic heterocycles. The number of sulfonamides is 1. The van der Waals surface area contributed by atoms with Crippen molar-refractivity contribution in [3.05, 3.63) is 94.5 Å². The van der Waals surface area contributed by atoms with Crippen LogP contribution in [0.1, 0.15) is 40.9 Å². The maximum atomic E-state index is 12.9. The fraction of sp³-hybridized carbons (Fsp3) is 0.174. The van der Waals surface area contributed by atoms with Crippen molar-refractivity contribution in [3.63, 3.8) is 0 Å². The number of carbonyl (C=O) groups is 1. The molecule has 0 aliphatic carbocycles. The van der Waals surface area contributed by atoms with Crippen LogP contribution in [0.4, 0.5) is 5.69 Å². The van der Waals surface area contributed by atoms with E-state index in [-0.39, 0.29) is 33.1 Å². The Kier molecular flexibility index (Phi) is 6.80. The molecular weight excluding hydrogens is 420 g/mol. The quantitative estimate of drug-likeness (QED) is 0.519. The van der Waals surface area contributed by atoms with E-state index in [1.54, 1.807) is 18.2 Å². The van der Waals surface area contributed by atoms with Crippen LogP contribution in [0.2, 0.25) is 5.02 Å². The number of anilines is 1. The number of nitrogens with one attached hydrogen (secondary N) is 2. The molecule has 3 aromatic rings. The topological polar surface area (TPSA) is 75.3 Å². The lowest BCUT2D eigenvalue weighted by atomic mass is 9.99. The lowest BCUT2D eigenvalue weighted by Crippen LogP contribution is -2.29. The molecule has 0 aliphatic heterocycles. The van der Waals surface area contributed by atoms with Crippen LogP contribution >= 0.6 is 11.6 Å². The second-order valence-electron chi connectivity index (χ2n) is 6.90.